The lowest BCUT2D eigenvalue weighted by molar-refractivity contribution is -0.139. The number of nitrogens with zero attached hydrogens (tertiary/aromatic N) is 2. The van der Waals surface area contributed by atoms with Gasteiger partial charge in [-0.05, 0) is 42.0 Å². The molecule has 1 unspecified atom stereocenters. The van der Waals surface area contributed by atoms with E-state index in [1.54, 1.807) is 6.07 Å². The zero-order valence-electron chi connectivity index (χ0n) is 15.6. The number of hydrogen-bond acceptors (Lipinski definition) is 4. The molecule has 1 aromatic heterocycles. The molecular formula is C20H24F3N3O. The van der Waals surface area contributed by atoms with E-state index in [0.717, 1.165) is 12.5 Å². The minimum Gasteiger partial charge on any atom is -0.493 e. The molecule has 0 bridgehead atoms. The lowest BCUT2D eigenvalue weighted by atomic mass is 9.99. The van der Waals surface area contributed by atoms with Crippen LogP contribution in [0.1, 0.15) is 44.1 Å². The third-order valence-electron chi connectivity index (χ3n) is 3.97. The summed E-state index contributed by atoms with van der Waals surface area (Å²) in [4.78, 5) is 8.11. The molecule has 2 aromatic rings. The highest BCUT2D eigenvalue weighted by atomic mass is 19.4. The molecule has 0 radical (unpaired) electrons. The highest BCUT2D eigenvalue weighted by molar-refractivity contribution is 5.76. The molecule has 1 heterocycles. The third kappa shape index (κ3) is 5.70. The first-order valence-corrected chi connectivity index (χ1v) is 8.76. The zero-order valence-corrected chi connectivity index (χ0v) is 15.6. The van der Waals surface area contributed by atoms with Crippen molar-refractivity contribution in [3.8, 4) is 5.75 Å². The van der Waals surface area contributed by atoms with Gasteiger partial charge in [0.25, 0.3) is 0 Å². The SMILES string of the molecule is CC(C)CC(C)COc1ccc(C(=CN)c2ncccn2)cc1C(F)(F)F. The molecular weight excluding hydrogens is 355 g/mol. The van der Waals surface area contributed by atoms with Gasteiger partial charge in [0.05, 0.1) is 12.2 Å². The number of benzene rings is 1. The first kappa shape index (κ1) is 20.7. The second-order valence-electron chi connectivity index (χ2n) is 6.91. The number of halogens is 3. The topological polar surface area (TPSA) is 61.0 Å². The van der Waals surface area contributed by atoms with Crippen molar-refractivity contribution in [1.82, 2.24) is 9.97 Å². The molecule has 0 amide bonds. The summed E-state index contributed by atoms with van der Waals surface area (Å²) in [6.45, 7) is 6.32. The van der Waals surface area contributed by atoms with E-state index in [2.05, 4.69) is 23.8 Å². The fourth-order valence-corrected chi connectivity index (χ4v) is 2.89. The van der Waals surface area contributed by atoms with Crippen molar-refractivity contribution in [2.24, 2.45) is 17.6 Å². The molecule has 2 rings (SSSR count). The number of nitrogens with two attached hydrogens (primary N) is 1. The Hall–Kier alpha value is -2.57. The average molecular weight is 379 g/mol. The number of ether oxygens (including phenoxy) is 1. The third-order valence-corrected chi connectivity index (χ3v) is 3.97. The van der Waals surface area contributed by atoms with Crippen molar-refractivity contribution in [2.45, 2.75) is 33.4 Å². The molecule has 0 aliphatic rings. The van der Waals surface area contributed by atoms with Gasteiger partial charge in [-0.2, -0.15) is 13.2 Å². The van der Waals surface area contributed by atoms with Crippen molar-refractivity contribution in [2.75, 3.05) is 6.61 Å². The molecule has 0 aliphatic carbocycles. The fourth-order valence-electron chi connectivity index (χ4n) is 2.89. The predicted molar refractivity (Wildman–Crippen MR) is 98.9 cm³/mol. The minimum atomic E-state index is -4.55. The first-order valence-electron chi connectivity index (χ1n) is 8.76. The van der Waals surface area contributed by atoms with Crippen molar-refractivity contribution in [1.29, 1.82) is 0 Å². The van der Waals surface area contributed by atoms with E-state index in [4.69, 9.17) is 10.5 Å². The lowest BCUT2D eigenvalue weighted by Gasteiger charge is -2.19. The highest BCUT2D eigenvalue weighted by Crippen LogP contribution is 2.38. The molecule has 0 saturated heterocycles. The largest absolute Gasteiger partial charge is 0.493 e. The molecule has 0 fully saturated rings. The van der Waals surface area contributed by atoms with Gasteiger partial charge >= 0.3 is 6.18 Å². The Morgan fingerprint density at radius 3 is 2.41 bits per heavy atom. The van der Waals surface area contributed by atoms with Gasteiger partial charge in [-0.25, -0.2) is 9.97 Å². The van der Waals surface area contributed by atoms with Crippen LogP contribution in [-0.2, 0) is 6.18 Å². The maximum atomic E-state index is 13.6. The monoisotopic (exact) mass is 379 g/mol. The molecule has 4 nitrogen and oxygen atoms in total. The van der Waals surface area contributed by atoms with Gasteiger partial charge in [-0.3, -0.25) is 0 Å². The molecule has 146 valence electrons. The molecule has 1 aromatic carbocycles. The fraction of sp³-hybridized carbons (Fsp3) is 0.400. The first-order chi connectivity index (χ1) is 12.7. The van der Waals surface area contributed by atoms with E-state index >= 15 is 0 Å². The van der Waals surface area contributed by atoms with Crippen molar-refractivity contribution in [3.63, 3.8) is 0 Å². The van der Waals surface area contributed by atoms with E-state index in [1.165, 1.54) is 30.7 Å². The zero-order chi connectivity index (χ0) is 20.0. The van der Waals surface area contributed by atoms with Crippen molar-refractivity contribution in [3.05, 3.63) is 59.8 Å². The summed E-state index contributed by atoms with van der Waals surface area (Å²) in [7, 11) is 0. The molecule has 0 aliphatic heterocycles. The average Bonchev–Trinajstić information content (AvgIpc) is 2.60. The van der Waals surface area contributed by atoms with Gasteiger partial charge in [0.1, 0.15) is 5.75 Å². The predicted octanol–water partition coefficient (Wildman–Crippen LogP) is 4.90. The van der Waals surface area contributed by atoms with E-state index in [0.29, 0.717) is 11.5 Å². The molecule has 2 N–H and O–H groups in total. The van der Waals surface area contributed by atoms with Crippen LogP contribution in [0.3, 0.4) is 0 Å². The normalized spacial score (nSPS) is 13.7. The maximum absolute atomic E-state index is 13.6. The number of hydrogen-bond donors (Lipinski definition) is 1. The number of rotatable bonds is 7. The van der Waals surface area contributed by atoms with Crippen LogP contribution in [0, 0.1) is 11.8 Å². The molecule has 27 heavy (non-hydrogen) atoms. The summed E-state index contributed by atoms with van der Waals surface area (Å²) in [5, 5.41) is 0. The Kier molecular flexibility index (Phi) is 6.82. The van der Waals surface area contributed by atoms with Crippen LogP contribution in [-0.4, -0.2) is 16.6 Å². The van der Waals surface area contributed by atoms with E-state index in [9.17, 15) is 13.2 Å². The van der Waals surface area contributed by atoms with Gasteiger partial charge < -0.3 is 10.5 Å². The van der Waals surface area contributed by atoms with Gasteiger partial charge in [0.15, 0.2) is 5.82 Å². The Morgan fingerprint density at radius 2 is 1.85 bits per heavy atom. The van der Waals surface area contributed by atoms with Crippen LogP contribution >= 0.6 is 0 Å². The van der Waals surface area contributed by atoms with E-state index in [1.807, 2.05) is 6.92 Å². The molecule has 1 atom stereocenters. The summed E-state index contributed by atoms with van der Waals surface area (Å²) in [5.74, 6) is 0.679. The van der Waals surface area contributed by atoms with Crippen LogP contribution in [0.15, 0.2) is 42.9 Å². The van der Waals surface area contributed by atoms with Crippen LogP contribution in [0.2, 0.25) is 0 Å². The van der Waals surface area contributed by atoms with E-state index < -0.39 is 11.7 Å². The maximum Gasteiger partial charge on any atom is 0.419 e. The van der Waals surface area contributed by atoms with Crippen LogP contribution < -0.4 is 10.5 Å². The molecule has 0 spiro atoms. The van der Waals surface area contributed by atoms with Crippen LogP contribution in [0.4, 0.5) is 13.2 Å². The minimum absolute atomic E-state index is 0.156. The van der Waals surface area contributed by atoms with Gasteiger partial charge in [-0.15, -0.1) is 0 Å². The van der Waals surface area contributed by atoms with Crippen molar-refractivity contribution >= 4 is 5.57 Å². The van der Waals surface area contributed by atoms with Crippen molar-refractivity contribution < 1.29 is 17.9 Å². The summed E-state index contributed by atoms with van der Waals surface area (Å²) in [6, 6.07) is 5.50. The standard InChI is InChI=1S/C20H24F3N3O/c1-13(2)9-14(3)12-27-18-6-5-15(10-17(18)20(21,22)23)16(11-24)19-25-7-4-8-26-19/h4-8,10-11,13-14H,9,12,24H2,1-3H3. The highest BCUT2D eigenvalue weighted by Gasteiger charge is 2.35. The second-order valence-corrected chi connectivity index (χ2v) is 6.91. The van der Waals surface area contributed by atoms with Crippen LogP contribution in [0.25, 0.3) is 5.57 Å². The van der Waals surface area contributed by atoms with Gasteiger partial charge in [0, 0.05) is 24.2 Å². The Labute approximate surface area is 157 Å². The summed E-state index contributed by atoms with van der Waals surface area (Å²) in [5.41, 5.74) is 5.38. The van der Waals surface area contributed by atoms with Gasteiger partial charge in [-0.1, -0.05) is 26.8 Å². The summed E-state index contributed by atoms with van der Waals surface area (Å²) >= 11 is 0. The smallest absolute Gasteiger partial charge is 0.419 e. The summed E-state index contributed by atoms with van der Waals surface area (Å²) < 4.78 is 46.2. The summed E-state index contributed by atoms with van der Waals surface area (Å²) in [6.07, 6.45) is 0.541. The number of alkyl halides is 3. The second kappa shape index (κ2) is 8.88. The van der Waals surface area contributed by atoms with E-state index in [-0.39, 0.29) is 29.7 Å². The molecule has 0 saturated carbocycles. The molecule has 7 heteroatoms. The van der Waals surface area contributed by atoms with Crippen LogP contribution in [0.5, 0.6) is 5.75 Å². The Bertz CT molecular complexity index is 774. The Morgan fingerprint density at radius 1 is 1.19 bits per heavy atom. The lowest BCUT2D eigenvalue weighted by Crippen LogP contribution is -2.15. The quantitative estimate of drug-likeness (QED) is 0.743. The van der Waals surface area contributed by atoms with Gasteiger partial charge in [0.2, 0.25) is 0 Å². The number of aromatic nitrogens is 2. The Balaban J connectivity index is 2.33.